The normalized spacial score (nSPS) is 11.1. The minimum atomic E-state index is 0.991. The summed E-state index contributed by atoms with van der Waals surface area (Å²) in [5, 5.41) is 3.58. The lowest BCUT2D eigenvalue weighted by Crippen LogP contribution is -2.09. The number of hydrogen-bond donors (Lipinski definition) is 0. The Morgan fingerprint density at radius 3 is 1.53 bits per heavy atom. The standard InChI is InChI=1S/C43H30N2/c1-3-11-31(12-4-1)33-19-24-38(25-20-33)45(40-28-21-32-13-7-8-16-36(32)29-40)39-26-22-34(23-27-39)41-30-37-17-9-10-18-42(37)44-43(41)35-14-5-2-6-15-35/h1-30H. The maximum absolute atomic E-state index is 5.13. The van der Waals surface area contributed by atoms with Gasteiger partial charge in [0.25, 0.3) is 0 Å². The molecule has 0 saturated carbocycles. The first kappa shape index (κ1) is 26.6. The fraction of sp³-hybridized carbons (Fsp3) is 0. The topological polar surface area (TPSA) is 16.1 Å². The Morgan fingerprint density at radius 1 is 0.333 bits per heavy atom. The van der Waals surface area contributed by atoms with E-state index >= 15 is 0 Å². The van der Waals surface area contributed by atoms with Crippen LogP contribution in [0, 0.1) is 0 Å². The van der Waals surface area contributed by atoms with Crippen molar-refractivity contribution in [3.05, 3.63) is 182 Å². The minimum absolute atomic E-state index is 0.991. The van der Waals surface area contributed by atoms with Gasteiger partial charge in [-0.25, -0.2) is 4.98 Å². The van der Waals surface area contributed by atoms with Crippen LogP contribution in [0.25, 0.3) is 55.2 Å². The molecule has 0 aliphatic heterocycles. The second kappa shape index (κ2) is 11.6. The van der Waals surface area contributed by atoms with Gasteiger partial charge in [0.1, 0.15) is 0 Å². The highest BCUT2D eigenvalue weighted by molar-refractivity contribution is 5.93. The van der Waals surface area contributed by atoms with Crippen LogP contribution >= 0.6 is 0 Å². The van der Waals surface area contributed by atoms with Gasteiger partial charge in [0.2, 0.25) is 0 Å². The van der Waals surface area contributed by atoms with Crippen molar-refractivity contribution in [2.24, 2.45) is 0 Å². The molecule has 0 atom stereocenters. The average molecular weight is 575 g/mol. The molecule has 0 spiro atoms. The summed E-state index contributed by atoms with van der Waals surface area (Å²) in [4.78, 5) is 7.46. The van der Waals surface area contributed by atoms with Gasteiger partial charge in [0.15, 0.2) is 0 Å². The third kappa shape index (κ3) is 5.24. The number of nitrogens with zero attached hydrogens (tertiary/aromatic N) is 2. The van der Waals surface area contributed by atoms with E-state index in [-0.39, 0.29) is 0 Å². The van der Waals surface area contributed by atoms with Crippen molar-refractivity contribution in [2.45, 2.75) is 0 Å². The Hall–Kier alpha value is -5.99. The van der Waals surface area contributed by atoms with Crippen LogP contribution in [-0.4, -0.2) is 4.98 Å². The van der Waals surface area contributed by atoms with Crippen LogP contribution in [0.3, 0.4) is 0 Å². The molecule has 1 aromatic heterocycles. The number of pyridine rings is 1. The second-order valence-corrected chi connectivity index (χ2v) is 11.3. The van der Waals surface area contributed by atoms with Crippen molar-refractivity contribution in [3.63, 3.8) is 0 Å². The Bertz CT molecular complexity index is 2240. The molecule has 0 unspecified atom stereocenters. The number of fused-ring (bicyclic) bond motifs is 2. The van der Waals surface area contributed by atoms with Gasteiger partial charge in [-0.05, 0) is 76.0 Å². The van der Waals surface area contributed by atoms with Gasteiger partial charge in [-0.1, -0.05) is 133 Å². The van der Waals surface area contributed by atoms with Crippen molar-refractivity contribution in [1.82, 2.24) is 4.98 Å². The zero-order valence-electron chi connectivity index (χ0n) is 24.7. The summed E-state index contributed by atoms with van der Waals surface area (Å²) < 4.78 is 0. The average Bonchev–Trinajstić information content (AvgIpc) is 3.12. The van der Waals surface area contributed by atoms with E-state index in [1.807, 2.05) is 12.1 Å². The number of hydrogen-bond acceptors (Lipinski definition) is 2. The first-order valence-corrected chi connectivity index (χ1v) is 15.3. The molecule has 8 aromatic rings. The van der Waals surface area contributed by atoms with Gasteiger partial charge in [-0.2, -0.15) is 0 Å². The van der Waals surface area contributed by atoms with Crippen molar-refractivity contribution in [3.8, 4) is 33.5 Å². The van der Waals surface area contributed by atoms with Gasteiger partial charge in [-0.15, -0.1) is 0 Å². The smallest absolute Gasteiger partial charge is 0.0788 e. The fourth-order valence-electron chi connectivity index (χ4n) is 6.14. The number of benzene rings is 7. The van der Waals surface area contributed by atoms with E-state index < -0.39 is 0 Å². The van der Waals surface area contributed by atoms with Gasteiger partial charge >= 0.3 is 0 Å². The monoisotopic (exact) mass is 574 g/mol. The maximum atomic E-state index is 5.13. The van der Waals surface area contributed by atoms with Crippen molar-refractivity contribution >= 4 is 38.7 Å². The third-order valence-electron chi connectivity index (χ3n) is 8.43. The number of rotatable bonds is 6. The first-order valence-electron chi connectivity index (χ1n) is 15.3. The molecule has 0 amide bonds. The molecule has 0 aliphatic carbocycles. The summed E-state index contributed by atoms with van der Waals surface area (Å²) in [6, 6.07) is 64.5. The molecular weight excluding hydrogens is 544 g/mol. The predicted molar refractivity (Wildman–Crippen MR) is 190 cm³/mol. The van der Waals surface area contributed by atoms with E-state index in [0.717, 1.165) is 50.3 Å². The molecule has 8 rings (SSSR count). The van der Waals surface area contributed by atoms with Crippen LogP contribution in [0.5, 0.6) is 0 Å². The van der Waals surface area contributed by atoms with E-state index in [1.54, 1.807) is 0 Å². The quantitative estimate of drug-likeness (QED) is 0.196. The first-order chi connectivity index (χ1) is 22.3. The third-order valence-corrected chi connectivity index (χ3v) is 8.43. The lowest BCUT2D eigenvalue weighted by atomic mass is 9.97. The zero-order chi connectivity index (χ0) is 30.0. The highest BCUT2D eigenvalue weighted by Crippen LogP contribution is 2.39. The van der Waals surface area contributed by atoms with Crippen molar-refractivity contribution in [1.29, 1.82) is 0 Å². The number of para-hydroxylation sites is 1. The molecule has 2 heteroatoms. The van der Waals surface area contributed by atoms with Crippen LogP contribution in [0.15, 0.2) is 182 Å². The molecule has 1 heterocycles. The minimum Gasteiger partial charge on any atom is -0.310 e. The summed E-state index contributed by atoms with van der Waals surface area (Å²) in [6.45, 7) is 0. The van der Waals surface area contributed by atoms with E-state index in [4.69, 9.17) is 4.98 Å². The van der Waals surface area contributed by atoms with Gasteiger partial charge < -0.3 is 4.90 Å². The van der Waals surface area contributed by atoms with Crippen LogP contribution in [0.1, 0.15) is 0 Å². The van der Waals surface area contributed by atoms with Gasteiger partial charge in [-0.3, -0.25) is 0 Å². The lowest BCUT2D eigenvalue weighted by molar-refractivity contribution is 1.29. The van der Waals surface area contributed by atoms with Crippen LogP contribution < -0.4 is 4.90 Å². The summed E-state index contributed by atoms with van der Waals surface area (Å²) in [6.07, 6.45) is 0. The molecule has 0 saturated heterocycles. The van der Waals surface area contributed by atoms with E-state index in [1.165, 1.54) is 21.9 Å². The van der Waals surface area contributed by atoms with Crippen molar-refractivity contribution < 1.29 is 0 Å². The molecule has 0 aliphatic rings. The number of aromatic nitrogens is 1. The molecule has 45 heavy (non-hydrogen) atoms. The zero-order valence-corrected chi connectivity index (χ0v) is 24.7. The number of anilines is 3. The molecule has 212 valence electrons. The highest BCUT2D eigenvalue weighted by Gasteiger charge is 2.16. The summed E-state index contributed by atoms with van der Waals surface area (Å²) in [7, 11) is 0. The Morgan fingerprint density at radius 2 is 0.844 bits per heavy atom. The largest absolute Gasteiger partial charge is 0.310 e. The summed E-state index contributed by atoms with van der Waals surface area (Å²) in [5.74, 6) is 0. The lowest BCUT2D eigenvalue weighted by Gasteiger charge is -2.26. The second-order valence-electron chi connectivity index (χ2n) is 11.3. The summed E-state index contributed by atoms with van der Waals surface area (Å²) in [5.41, 5.74) is 11.1. The van der Waals surface area contributed by atoms with Crippen LogP contribution in [0.4, 0.5) is 17.1 Å². The fourth-order valence-corrected chi connectivity index (χ4v) is 6.14. The van der Waals surface area contributed by atoms with Crippen molar-refractivity contribution in [2.75, 3.05) is 4.90 Å². The Labute approximate surface area is 263 Å². The van der Waals surface area contributed by atoms with Crippen LogP contribution in [0.2, 0.25) is 0 Å². The van der Waals surface area contributed by atoms with Gasteiger partial charge in [0.05, 0.1) is 11.2 Å². The maximum Gasteiger partial charge on any atom is 0.0788 e. The molecule has 0 bridgehead atoms. The molecule has 2 nitrogen and oxygen atoms in total. The summed E-state index contributed by atoms with van der Waals surface area (Å²) >= 11 is 0. The van der Waals surface area contributed by atoms with E-state index in [9.17, 15) is 0 Å². The highest BCUT2D eigenvalue weighted by atomic mass is 15.1. The van der Waals surface area contributed by atoms with E-state index in [2.05, 4.69) is 175 Å². The molecule has 0 N–H and O–H groups in total. The Balaban J connectivity index is 1.24. The Kier molecular flexibility index (Phi) is 6.86. The molecule has 0 radical (unpaired) electrons. The molecule has 0 fully saturated rings. The van der Waals surface area contributed by atoms with Crippen LogP contribution in [-0.2, 0) is 0 Å². The molecular formula is C43H30N2. The van der Waals surface area contributed by atoms with E-state index in [0.29, 0.717) is 0 Å². The van der Waals surface area contributed by atoms with Gasteiger partial charge in [0, 0.05) is 33.6 Å². The predicted octanol–water partition coefficient (Wildman–Crippen LogP) is 11.9. The SMILES string of the molecule is c1ccc(-c2ccc(N(c3ccc(-c4cc5ccccc5nc4-c4ccccc4)cc3)c3ccc4ccccc4c3)cc2)cc1. The molecule has 7 aromatic carbocycles.